The van der Waals surface area contributed by atoms with E-state index in [1.54, 1.807) is 13.3 Å². The van der Waals surface area contributed by atoms with Crippen molar-refractivity contribution in [2.45, 2.75) is 26.0 Å². The van der Waals surface area contributed by atoms with Gasteiger partial charge in [0.15, 0.2) is 0 Å². The predicted molar refractivity (Wildman–Crippen MR) is 104 cm³/mol. The van der Waals surface area contributed by atoms with Gasteiger partial charge in [0.2, 0.25) is 0 Å². The number of methoxy groups -OCH3 is 1. The summed E-state index contributed by atoms with van der Waals surface area (Å²) < 4.78 is 22.0. The van der Waals surface area contributed by atoms with E-state index in [-0.39, 0.29) is 6.04 Å². The van der Waals surface area contributed by atoms with Crippen LogP contribution in [0.25, 0.3) is 0 Å². The van der Waals surface area contributed by atoms with Crippen LogP contribution in [-0.2, 0) is 20.8 Å². The van der Waals surface area contributed by atoms with E-state index in [2.05, 4.69) is 47.1 Å². The molecule has 1 atom stereocenters. The van der Waals surface area contributed by atoms with Gasteiger partial charge < -0.3 is 23.8 Å². The van der Waals surface area contributed by atoms with Crippen molar-refractivity contribution >= 4 is 5.69 Å². The summed E-state index contributed by atoms with van der Waals surface area (Å²) in [6.45, 7) is 5.79. The lowest BCUT2D eigenvalue weighted by Crippen LogP contribution is -2.46. The van der Waals surface area contributed by atoms with Crippen molar-refractivity contribution in [3.63, 3.8) is 0 Å². The highest BCUT2D eigenvalue weighted by molar-refractivity contribution is 5.49. The highest BCUT2D eigenvalue weighted by Crippen LogP contribution is 2.25. The lowest BCUT2D eigenvalue weighted by Gasteiger charge is -2.37. The van der Waals surface area contributed by atoms with Crippen LogP contribution in [0.1, 0.15) is 17.5 Å². The highest BCUT2D eigenvalue weighted by atomic mass is 16.7. The SMILES string of the molecule is COCOCCC1COCCN1c1cncc(OCc2ccc(C)cc2)c1. The van der Waals surface area contributed by atoms with Crippen LogP contribution in [0.3, 0.4) is 0 Å². The minimum atomic E-state index is 0.254. The molecule has 1 unspecified atom stereocenters. The molecule has 27 heavy (non-hydrogen) atoms. The van der Waals surface area contributed by atoms with Crippen LogP contribution < -0.4 is 9.64 Å². The Hall–Kier alpha value is -2.15. The number of hydrogen-bond donors (Lipinski definition) is 0. The maximum atomic E-state index is 5.95. The number of aromatic nitrogens is 1. The third-order valence-electron chi connectivity index (χ3n) is 4.58. The number of pyridine rings is 1. The quantitative estimate of drug-likeness (QED) is 0.498. The van der Waals surface area contributed by atoms with Gasteiger partial charge in [-0.25, -0.2) is 0 Å². The van der Waals surface area contributed by atoms with E-state index in [0.717, 1.165) is 30.0 Å². The molecule has 3 rings (SSSR count). The first kappa shape index (κ1) is 19.6. The molecule has 6 heteroatoms. The van der Waals surface area contributed by atoms with Gasteiger partial charge in [0.1, 0.15) is 19.1 Å². The Bertz CT molecular complexity index is 693. The average Bonchev–Trinajstić information content (AvgIpc) is 2.71. The Morgan fingerprint density at radius 1 is 1.22 bits per heavy atom. The molecule has 1 fully saturated rings. The van der Waals surface area contributed by atoms with Gasteiger partial charge in [-0.15, -0.1) is 0 Å². The molecular weight excluding hydrogens is 344 g/mol. The number of aryl methyl sites for hydroxylation is 1. The summed E-state index contributed by atoms with van der Waals surface area (Å²) >= 11 is 0. The van der Waals surface area contributed by atoms with E-state index in [4.69, 9.17) is 18.9 Å². The number of morpholine rings is 1. The van der Waals surface area contributed by atoms with Crippen molar-refractivity contribution in [3.8, 4) is 5.75 Å². The van der Waals surface area contributed by atoms with Crippen LogP contribution in [-0.4, -0.2) is 51.3 Å². The number of ether oxygens (including phenoxy) is 4. The molecule has 146 valence electrons. The second-order valence-electron chi connectivity index (χ2n) is 6.68. The molecule has 0 N–H and O–H groups in total. The first-order valence-corrected chi connectivity index (χ1v) is 9.30. The van der Waals surface area contributed by atoms with Crippen molar-refractivity contribution in [1.29, 1.82) is 0 Å². The molecule has 0 aliphatic carbocycles. The molecule has 1 aromatic carbocycles. The summed E-state index contributed by atoms with van der Waals surface area (Å²) in [6, 6.07) is 10.7. The van der Waals surface area contributed by atoms with Crippen molar-refractivity contribution in [2.75, 3.05) is 45.2 Å². The standard InChI is InChI=1S/C21H28N2O4/c1-17-3-5-18(6-4-17)14-27-21-11-20(12-22-13-21)23-8-10-25-15-19(23)7-9-26-16-24-2/h3-6,11-13,19H,7-10,14-16H2,1-2H3. The van der Waals surface area contributed by atoms with Crippen molar-refractivity contribution < 1.29 is 18.9 Å². The number of hydrogen-bond acceptors (Lipinski definition) is 6. The number of rotatable bonds is 9. The van der Waals surface area contributed by atoms with Crippen molar-refractivity contribution in [1.82, 2.24) is 4.98 Å². The lowest BCUT2D eigenvalue weighted by molar-refractivity contribution is -0.0358. The lowest BCUT2D eigenvalue weighted by atomic mass is 10.1. The van der Waals surface area contributed by atoms with Gasteiger partial charge in [0.05, 0.1) is 43.9 Å². The Morgan fingerprint density at radius 3 is 2.89 bits per heavy atom. The van der Waals surface area contributed by atoms with Gasteiger partial charge in [-0.1, -0.05) is 29.8 Å². The molecule has 1 aromatic heterocycles. The summed E-state index contributed by atoms with van der Waals surface area (Å²) in [7, 11) is 1.63. The van der Waals surface area contributed by atoms with Gasteiger partial charge >= 0.3 is 0 Å². The molecule has 6 nitrogen and oxygen atoms in total. The Balaban J connectivity index is 1.61. The first-order chi connectivity index (χ1) is 13.3. The summed E-state index contributed by atoms with van der Waals surface area (Å²) in [4.78, 5) is 6.70. The average molecular weight is 372 g/mol. The maximum absolute atomic E-state index is 5.95. The molecule has 2 aromatic rings. The minimum absolute atomic E-state index is 0.254. The molecule has 1 aliphatic heterocycles. The number of nitrogens with zero attached hydrogens (tertiary/aromatic N) is 2. The fraction of sp³-hybridized carbons (Fsp3) is 0.476. The molecule has 0 spiro atoms. The topological polar surface area (TPSA) is 53.0 Å². The third-order valence-corrected chi connectivity index (χ3v) is 4.58. The summed E-state index contributed by atoms with van der Waals surface area (Å²) in [5.74, 6) is 0.772. The summed E-state index contributed by atoms with van der Waals surface area (Å²) in [5.41, 5.74) is 3.44. The Kier molecular flexibility index (Phi) is 7.45. The van der Waals surface area contributed by atoms with Gasteiger partial charge in [0, 0.05) is 19.7 Å². The third kappa shape index (κ3) is 5.92. The van der Waals surface area contributed by atoms with Crippen LogP contribution in [0, 0.1) is 6.92 Å². The fourth-order valence-electron chi connectivity index (χ4n) is 3.09. The molecule has 1 aliphatic rings. The number of anilines is 1. The van der Waals surface area contributed by atoms with Crippen molar-refractivity contribution in [2.24, 2.45) is 0 Å². The van der Waals surface area contributed by atoms with E-state index >= 15 is 0 Å². The van der Waals surface area contributed by atoms with Crippen LogP contribution in [0.5, 0.6) is 5.75 Å². The Labute approximate surface area is 161 Å². The van der Waals surface area contributed by atoms with E-state index in [9.17, 15) is 0 Å². The van der Waals surface area contributed by atoms with E-state index in [1.165, 1.54) is 5.56 Å². The van der Waals surface area contributed by atoms with Crippen LogP contribution in [0.4, 0.5) is 5.69 Å². The summed E-state index contributed by atoms with van der Waals surface area (Å²) in [5, 5.41) is 0. The van der Waals surface area contributed by atoms with Crippen molar-refractivity contribution in [3.05, 3.63) is 53.9 Å². The second-order valence-corrected chi connectivity index (χ2v) is 6.68. The zero-order chi connectivity index (χ0) is 18.9. The minimum Gasteiger partial charge on any atom is -0.487 e. The molecule has 0 bridgehead atoms. The van der Waals surface area contributed by atoms with Gasteiger partial charge in [-0.05, 0) is 18.9 Å². The first-order valence-electron chi connectivity index (χ1n) is 9.30. The largest absolute Gasteiger partial charge is 0.487 e. The molecule has 0 radical (unpaired) electrons. The zero-order valence-corrected chi connectivity index (χ0v) is 16.1. The van der Waals surface area contributed by atoms with Gasteiger partial charge in [-0.2, -0.15) is 0 Å². The van der Waals surface area contributed by atoms with Crippen LogP contribution in [0.2, 0.25) is 0 Å². The van der Waals surface area contributed by atoms with E-state index in [1.807, 2.05) is 6.20 Å². The normalized spacial score (nSPS) is 17.1. The summed E-state index contributed by atoms with van der Waals surface area (Å²) in [6.07, 6.45) is 4.51. The predicted octanol–water partition coefficient (Wildman–Crippen LogP) is 3.18. The Morgan fingerprint density at radius 2 is 2.07 bits per heavy atom. The molecular formula is C21H28N2O4. The van der Waals surface area contributed by atoms with Crippen LogP contribution >= 0.6 is 0 Å². The highest BCUT2D eigenvalue weighted by Gasteiger charge is 2.23. The van der Waals surface area contributed by atoms with Crippen LogP contribution in [0.15, 0.2) is 42.7 Å². The monoisotopic (exact) mass is 372 g/mol. The smallest absolute Gasteiger partial charge is 0.146 e. The molecule has 0 saturated carbocycles. The van der Waals surface area contributed by atoms with E-state index < -0.39 is 0 Å². The molecule has 1 saturated heterocycles. The second kappa shape index (κ2) is 10.3. The van der Waals surface area contributed by atoms with Gasteiger partial charge in [-0.3, -0.25) is 4.98 Å². The maximum Gasteiger partial charge on any atom is 0.146 e. The van der Waals surface area contributed by atoms with E-state index in [0.29, 0.717) is 33.2 Å². The number of benzene rings is 1. The molecule has 0 amide bonds. The molecule has 2 heterocycles. The zero-order valence-electron chi connectivity index (χ0n) is 16.1. The van der Waals surface area contributed by atoms with Gasteiger partial charge in [0.25, 0.3) is 0 Å². The fourth-order valence-corrected chi connectivity index (χ4v) is 3.09.